The molecule has 1 aromatic rings. The number of amides is 2. The van der Waals surface area contributed by atoms with Gasteiger partial charge in [0.2, 0.25) is 11.8 Å². The van der Waals surface area contributed by atoms with Crippen LogP contribution in [0, 0.1) is 23.7 Å². The number of hydrogen-bond acceptors (Lipinski definition) is 4. The van der Waals surface area contributed by atoms with Crippen molar-refractivity contribution in [1.29, 1.82) is 0 Å². The van der Waals surface area contributed by atoms with E-state index in [-0.39, 0.29) is 50.7 Å². The molecule has 6 atom stereocenters. The molecule has 7 heteroatoms. The number of carbonyl (C=O) groups excluding carboxylic acids is 3. The number of alkyl halides is 2. The Hall–Kier alpha value is -1.21. The number of carbonyl (C=O) groups is 3. The normalized spacial score (nSPS) is 38.3. The summed E-state index contributed by atoms with van der Waals surface area (Å²) in [5.41, 5.74) is 0.449. The highest BCUT2D eigenvalue weighted by molar-refractivity contribution is 9.12. The van der Waals surface area contributed by atoms with Crippen LogP contribution in [0.4, 0.5) is 5.69 Å². The van der Waals surface area contributed by atoms with Gasteiger partial charge in [-0.25, -0.2) is 0 Å². The molecule has 2 aliphatic carbocycles. The Kier molecular flexibility index (Phi) is 3.43. The van der Waals surface area contributed by atoms with Crippen molar-refractivity contribution >= 4 is 55.3 Å². The Labute approximate surface area is 149 Å². The Morgan fingerprint density at radius 1 is 1.00 bits per heavy atom. The lowest BCUT2D eigenvalue weighted by Gasteiger charge is -2.28. The number of anilines is 1. The van der Waals surface area contributed by atoms with E-state index in [0.29, 0.717) is 5.69 Å². The minimum Gasteiger partial charge on any atom is -0.545 e. The minimum absolute atomic E-state index is 0.0224. The molecule has 0 aromatic heterocycles. The van der Waals surface area contributed by atoms with Gasteiger partial charge in [-0.2, -0.15) is 0 Å². The molecule has 2 saturated carbocycles. The maximum atomic E-state index is 12.8. The number of nitrogens with zero attached hydrogens (tertiary/aromatic N) is 1. The van der Waals surface area contributed by atoms with Crippen molar-refractivity contribution < 1.29 is 19.5 Å². The first-order chi connectivity index (χ1) is 10.9. The summed E-state index contributed by atoms with van der Waals surface area (Å²) in [7, 11) is 0. The van der Waals surface area contributed by atoms with Gasteiger partial charge in [-0.05, 0) is 36.0 Å². The fourth-order valence-electron chi connectivity index (χ4n) is 4.35. The molecule has 2 bridgehead atoms. The van der Waals surface area contributed by atoms with Crippen LogP contribution in [-0.2, 0) is 9.59 Å². The van der Waals surface area contributed by atoms with E-state index in [0.717, 1.165) is 6.42 Å². The topological polar surface area (TPSA) is 77.5 Å². The predicted molar refractivity (Wildman–Crippen MR) is 87.3 cm³/mol. The van der Waals surface area contributed by atoms with Gasteiger partial charge in [-0.3, -0.25) is 14.5 Å². The SMILES string of the molecule is O=C([O-])c1ccc(N2C(=O)C3C4CC(C(Br)C4Br)C3C2=O)cc1. The molecule has 1 aliphatic heterocycles. The quantitative estimate of drug-likeness (QED) is 0.512. The fraction of sp³-hybridized carbons (Fsp3) is 0.438. The van der Waals surface area contributed by atoms with Crippen molar-refractivity contribution in [1.82, 2.24) is 0 Å². The Balaban J connectivity index is 1.68. The van der Waals surface area contributed by atoms with E-state index in [1.807, 2.05) is 0 Å². The zero-order chi connectivity index (χ0) is 16.5. The fourth-order valence-corrected chi connectivity index (χ4v) is 6.22. The van der Waals surface area contributed by atoms with Gasteiger partial charge in [0.1, 0.15) is 0 Å². The molecule has 1 heterocycles. The van der Waals surface area contributed by atoms with E-state index < -0.39 is 5.97 Å². The van der Waals surface area contributed by atoms with Crippen LogP contribution in [0.25, 0.3) is 0 Å². The zero-order valence-corrected chi connectivity index (χ0v) is 15.0. The smallest absolute Gasteiger partial charge is 0.238 e. The molecule has 2 amide bonds. The van der Waals surface area contributed by atoms with Crippen LogP contribution in [0.3, 0.4) is 0 Å². The molecule has 4 rings (SSSR count). The molecule has 0 radical (unpaired) electrons. The first kappa shape index (κ1) is 15.3. The van der Waals surface area contributed by atoms with Crippen molar-refractivity contribution in [2.75, 3.05) is 4.90 Å². The summed E-state index contributed by atoms with van der Waals surface area (Å²) in [5, 5.41) is 10.8. The van der Waals surface area contributed by atoms with Crippen LogP contribution in [0.15, 0.2) is 24.3 Å². The lowest BCUT2D eigenvalue weighted by Crippen LogP contribution is -2.37. The highest BCUT2D eigenvalue weighted by Gasteiger charge is 2.66. The van der Waals surface area contributed by atoms with Crippen molar-refractivity contribution in [2.45, 2.75) is 16.1 Å². The van der Waals surface area contributed by atoms with Crippen LogP contribution >= 0.6 is 31.9 Å². The molecular weight excluding hydrogens is 430 g/mol. The second-order valence-electron chi connectivity index (χ2n) is 6.35. The van der Waals surface area contributed by atoms with Crippen LogP contribution in [0.5, 0.6) is 0 Å². The molecule has 120 valence electrons. The van der Waals surface area contributed by atoms with E-state index in [1.165, 1.54) is 29.2 Å². The highest BCUT2D eigenvalue weighted by atomic mass is 79.9. The van der Waals surface area contributed by atoms with E-state index in [1.54, 1.807) is 0 Å². The van der Waals surface area contributed by atoms with E-state index >= 15 is 0 Å². The van der Waals surface area contributed by atoms with Gasteiger partial charge in [-0.1, -0.05) is 44.0 Å². The standard InChI is InChI=1S/C16H13Br2NO4/c17-12-8-5-9(13(12)18)11-10(8)14(20)19(15(11)21)7-3-1-6(2-4-7)16(22)23/h1-4,8-13H,5H2,(H,22,23)/p-1. The molecule has 3 aliphatic rings. The lowest BCUT2D eigenvalue weighted by molar-refractivity contribution is -0.255. The monoisotopic (exact) mass is 440 g/mol. The van der Waals surface area contributed by atoms with Gasteiger partial charge in [0.25, 0.3) is 0 Å². The third kappa shape index (κ3) is 1.99. The van der Waals surface area contributed by atoms with Crippen LogP contribution < -0.4 is 10.0 Å². The van der Waals surface area contributed by atoms with E-state index in [2.05, 4.69) is 31.9 Å². The molecular formula is C16H12Br2NO4-. The molecule has 6 unspecified atom stereocenters. The second-order valence-corrected chi connectivity index (χ2v) is 8.46. The summed E-state index contributed by atoms with van der Waals surface area (Å²) >= 11 is 7.29. The van der Waals surface area contributed by atoms with Crippen molar-refractivity contribution in [3.63, 3.8) is 0 Å². The Bertz CT molecular complexity index is 687. The molecule has 5 nitrogen and oxygen atoms in total. The summed E-state index contributed by atoms with van der Waals surface area (Å²) in [6.07, 6.45) is 0.885. The number of rotatable bonds is 2. The average molecular weight is 442 g/mol. The molecule has 23 heavy (non-hydrogen) atoms. The average Bonchev–Trinajstić information content (AvgIpc) is 3.12. The molecule has 1 saturated heterocycles. The van der Waals surface area contributed by atoms with Crippen LogP contribution in [0.1, 0.15) is 16.8 Å². The zero-order valence-electron chi connectivity index (χ0n) is 11.8. The number of aromatic carboxylic acids is 1. The molecule has 0 N–H and O–H groups in total. The number of halogens is 2. The molecule has 3 fully saturated rings. The van der Waals surface area contributed by atoms with Crippen molar-refractivity contribution in [3.8, 4) is 0 Å². The highest BCUT2D eigenvalue weighted by Crippen LogP contribution is 2.60. The first-order valence-electron chi connectivity index (χ1n) is 7.39. The molecule has 0 spiro atoms. The first-order valence-corrected chi connectivity index (χ1v) is 9.22. The third-order valence-electron chi connectivity index (χ3n) is 5.35. The summed E-state index contributed by atoms with van der Waals surface area (Å²) in [6.45, 7) is 0. The third-order valence-corrected chi connectivity index (χ3v) is 8.55. The Morgan fingerprint density at radius 2 is 1.48 bits per heavy atom. The van der Waals surface area contributed by atoms with Crippen LogP contribution in [-0.4, -0.2) is 27.4 Å². The maximum Gasteiger partial charge on any atom is 0.238 e. The largest absolute Gasteiger partial charge is 0.545 e. The van der Waals surface area contributed by atoms with E-state index in [9.17, 15) is 19.5 Å². The van der Waals surface area contributed by atoms with Gasteiger partial charge in [0, 0.05) is 9.65 Å². The second kappa shape index (κ2) is 5.14. The minimum atomic E-state index is -1.28. The molecule has 1 aromatic carbocycles. The number of benzene rings is 1. The van der Waals surface area contributed by atoms with Crippen molar-refractivity contribution in [2.24, 2.45) is 23.7 Å². The van der Waals surface area contributed by atoms with Crippen molar-refractivity contribution in [3.05, 3.63) is 29.8 Å². The summed E-state index contributed by atoms with van der Waals surface area (Å²) < 4.78 is 0. The van der Waals surface area contributed by atoms with Crippen LogP contribution in [0.2, 0.25) is 0 Å². The van der Waals surface area contributed by atoms with Gasteiger partial charge < -0.3 is 9.90 Å². The number of carboxylic acid groups (broad SMARTS) is 1. The predicted octanol–water partition coefficient (Wildman–Crippen LogP) is 1.33. The summed E-state index contributed by atoms with van der Waals surface area (Å²) in [4.78, 5) is 38.0. The van der Waals surface area contributed by atoms with Gasteiger partial charge in [0.05, 0.1) is 23.5 Å². The summed E-state index contributed by atoms with van der Waals surface area (Å²) in [6, 6.07) is 5.69. The Morgan fingerprint density at radius 3 is 1.91 bits per heavy atom. The number of fused-ring (bicyclic) bond motifs is 5. The summed E-state index contributed by atoms with van der Waals surface area (Å²) in [5.74, 6) is -1.83. The van der Waals surface area contributed by atoms with Gasteiger partial charge in [0.15, 0.2) is 0 Å². The number of carboxylic acids is 1. The van der Waals surface area contributed by atoms with Gasteiger partial charge >= 0.3 is 0 Å². The van der Waals surface area contributed by atoms with E-state index in [4.69, 9.17) is 0 Å². The lowest BCUT2D eigenvalue weighted by atomic mass is 9.81. The number of imide groups is 1. The van der Waals surface area contributed by atoms with Gasteiger partial charge in [-0.15, -0.1) is 0 Å². The maximum absolute atomic E-state index is 12.8. The number of hydrogen-bond donors (Lipinski definition) is 0.